The maximum absolute atomic E-state index is 12.2. The quantitative estimate of drug-likeness (QED) is 0.427. The van der Waals surface area contributed by atoms with Crippen molar-refractivity contribution in [1.29, 1.82) is 0 Å². The molecule has 0 aliphatic rings. The van der Waals surface area contributed by atoms with Gasteiger partial charge in [0.15, 0.2) is 6.61 Å². The van der Waals surface area contributed by atoms with Gasteiger partial charge in [0, 0.05) is 0 Å². The van der Waals surface area contributed by atoms with Crippen molar-refractivity contribution in [3.63, 3.8) is 0 Å². The number of hydrogen-bond acceptors (Lipinski definition) is 3. The molecule has 3 nitrogen and oxygen atoms in total. The van der Waals surface area contributed by atoms with E-state index in [2.05, 4.69) is 16.1 Å². The minimum atomic E-state index is -5.59. The molecule has 9 heteroatoms. The minimum Gasteiger partial charge on any atom is -0.451 e. The van der Waals surface area contributed by atoms with Crippen LogP contribution >= 0.6 is 0 Å². The van der Waals surface area contributed by atoms with E-state index in [1.54, 1.807) is 0 Å². The number of carbonyl (C=O) groups is 1. The molecule has 0 heterocycles. The molecule has 15 heavy (non-hydrogen) atoms. The fourth-order valence-corrected chi connectivity index (χ4v) is 0.427. The molecule has 0 amide bonds. The van der Waals surface area contributed by atoms with Crippen LogP contribution in [0.5, 0.6) is 0 Å². The van der Waals surface area contributed by atoms with E-state index in [0.29, 0.717) is 0 Å². The first kappa shape index (κ1) is 13.8. The molecule has 0 saturated heterocycles. The minimum absolute atomic E-state index is 1.71. The first-order valence-electron chi connectivity index (χ1n) is 3.20. The maximum Gasteiger partial charge on any atom is 0.527 e. The standard InChI is InChI=1S/C6H4F6O3/c1-3(7)4(13)14-2-5(8,9)15-6(10,11)12/h1-2H2. The van der Waals surface area contributed by atoms with Crippen LogP contribution < -0.4 is 0 Å². The third-order valence-corrected chi connectivity index (χ3v) is 0.858. The van der Waals surface area contributed by atoms with Crippen molar-refractivity contribution >= 4 is 5.97 Å². The van der Waals surface area contributed by atoms with E-state index >= 15 is 0 Å². The van der Waals surface area contributed by atoms with E-state index in [4.69, 9.17) is 0 Å². The zero-order valence-corrected chi connectivity index (χ0v) is 6.91. The van der Waals surface area contributed by atoms with Crippen molar-refractivity contribution in [3.05, 3.63) is 12.4 Å². The number of carbonyl (C=O) groups excluding carboxylic acids is 1. The molecule has 0 spiro atoms. The fraction of sp³-hybridized carbons (Fsp3) is 0.500. The first-order valence-corrected chi connectivity index (χ1v) is 3.20. The highest BCUT2D eigenvalue weighted by atomic mass is 19.4. The Morgan fingerprint density at radius 3 is 2.00 bits per heavy atom. The predicted octanol–water partition coefficient (Wildman–Crippen LogP) is 2.14. The third kappa shape index (κ3) is 6.77. The zero-order chi connectivity index (χ0) is 12.3. The van der Waals surface area contributed by atoms with E-state index in [0.717, 1.165) is 0 Å². The highest BCUT2D eigenvalue weighted by Gasteiger charge is 2.46. The summed E-state index contributed by atoms with van der Waals surface area (Å²) in [7, 11) is 0. The predicted molar refractivity (Wildman–Crippen MR) is 33.3 cm³/mol. The second-order valence-corrected chi connectivity index (χ2v) is 2.17. The molecule has 0 aromatic rings. The van der Waals surface area contributed by atoms with E-state index in [1.165, 1.54) is 0 Å². The van der Waals surface area contributed by atoms with E-state index in [1.807, 2.05) is 0 Å². The van der Waals surface area contributed by atoms with Gasteiger partial charge in [-0.1, -0.05) is 6.58 Å². The summed E-state index contributed by atoms with van der Waals surface area (Å²) in [6, 6.07) is 0. The molecule has 88 valence electrons. The average Bonchev–Trinajstić information content (AvgIpc) is 1.95. The molecule has 0 bridgehead atoms. The second-order valence-electron chi connectivity index (χ2n) is 2.17. The van der Waals surface area contributed by atoms with Crippen molar-refractivity contribution in [3.8, 4) is 0 Å². The van der Waals surface area contributed by atoms with Gasteiger partial charge in [-0.2, -0.15) is 13.2 Å². The lowest BCUT2D eigenvalue weighted by Gasteiger charge is -2.17. The van der Waals surface area contributed by atoms with E-state index in [-0.39, 0.29) is 0 Å². The maximum atomic E-state index is 12.2. The van der Waals surface area contributed by atoms with Gasteiger partial charge >= 0.3 is 18.4 Å². The monoisotopic (exact) mass is 238 g/mol. The van der Waals surface area contributed by atoms with Crippen molar-refractivity contribution in [2.24, 2.45) is 0 Å². The van der Waals surface area contributed by atoms with Crippen molar-refractivity contribution in [2.45, 2.75) is 12.5 Å². The molecule has 0 aliphatic heterocycles. The normalized spacial score (nSPS) is 12.4. The van der Waals surface area contributed by atoms with Gasteiger partial charge in [0.05, 0.1) is 0 Å². The third-order valence-electron chi connectivity index (χ3n) is 0.858. The number of halogens is 6. The molecule has 0 rings (SSSR count). The van der Waals surface area contributed by atoms with Gasteiger partial charge in [0.1, 0.15) is 0 Å². The molecule has 0 aliphatic carbocycles. The lowest BCUT2D eigenvalue weighted by atomic mass is 10.6. The van der Waals surface area contributed by atoms with E-state index in [9.17, 15) is 31.1 Å². The average molecular weight is 238 g/mol. The molecule has 0 unspecified atom stereocenters. The van der Waals surface area contributed by atoms with Crippen molar-refractivity contribution < 1.29 is 40.6 Å². The molecule has 0 aromatic carbocycles. The molecule has 0 aromatic heterocycles. The summed E-state index contributed by atoms with van der Waals surface area (Å²) in [6.45, 7) is 0.320. The summed E-state index contributed by atoms with van der Waals surface area (Å²) in [5.41, 5.74) is 0. The molecule has 0 N–H and O–H groups in total. The number of alkyl halides is 5. The number of ether oxygens (including phenoxy) is 2. The molecular formula is C6H4F6O3. The van der Waals surface area contributed by atoms with Crippen LogP contribution in [0.2, 0.25) is 0 Å². The Hall–Kier alpha value is -1.25. The Bertz CT molecular complexity index is 258. The van der Waals surface area contributed by atoms with Crippen LogP contribution in [0.4, 0.5) is 26.3 Å². The summed E-state index contributed by atoms with van der Waals surface area (Å²) in [5, 5.41) is 0. The van der Waals surface area contributed by atoms with Gasteiger partial charge < -0.3 is 4.74 Å². The van der Waals surface area contributed by atoms with Crippen LogP contribution in [0.25, 0.3) is 0 Å². The van der Waals surface area contributed by atoms with Gasteiger partial charge in [-0.05, 0) is 0 Å². The Labute approximate surface area is 79.3 Å². The van der Waals surface area contributed by atoms with Crippen LogP contribution in [0, 0.1) is 0 Å². The molecule has 0 radical (unpaired) electrons. The molecular weight excluding hydrogens is 234 g/mol. The van der Waals surface area contributed by atoms with Gasteiger partial charge in [-0.3, -0.25) is 0 Å². The second kappa shape index (κ2) is 4.51. The summed E-state index contributed by atoms with van der Waals surface area (Å²) >= 11 is 0. The lowest BCUT2D eigenvalue weighted by molar-refractivity contribution is -0.429. The van der Waals surface area contributed by atoms with Crippen molar-refractivity contribution in [2.75, 3.05) is 6.61 Å². The summed E-state index contributed by atoms with van der Waals surface area (Å²) in [4.78, 5) is 10.2. The van der Waals surface area contributed by atoms with Crippen LogP contribution in [0.3, 0.4) is 0 Å². The number of hydrogen-bond donors (Lipinski definition) is 0. The molecule has 0 saturated carbocycles. The Morgan fingerprint density at radius 2 is 1.67 bits per heavy atom. The van der Waals surface area contributed by atoms with Gasteiger partial charge in [0.2, 0.25) is 5.83 Å². The van der Waals surface area contributed by atoms with Gasteiger partial charge in [-0.15, -0.1) is 13.2 Å². The summed E-state index contributed by atoms with van der Waals surface area (Å²) in [5.74, 6) is -3.60. The largest absolute Gasteiger partial charge is 0.527 e. The van der Waals surface area contributed by atoms with Gasteiger partial charge in [0.25, 0.3) is 0 Å². The number of esters is 1. The van der Waals surface area contributed by atoms with Crippen LogP contribution in [0.1, 0.15) is 0 Å². The SMILES string of the molecule is C=C(F)C(=O)OCC(F)(F)OC(F)(F)F. The van der Waals surface area contributed by atoms with Crippen LogP contribution in [-0.2, 0) is 14.3 Å². The topological polar surface area (TPSA) is 35.5 Å². The van der Waals surface area contributed by atoms with E-state index < -0.39 is 30.9 Å². The van der Waals surface area contributed by atoms with Crippen LogP contribution in [-0.4, -0.2) is 25.0 Å². The molecule has 0 atom stereocenters. The van der Waals surface area contributed by atoms with Crippen molar-refractivity contribution in [1.82, 2.24) is 0 Å². The molecule has 0 fully saturated rings. The summed E-state index contributed by atoms with van der Waals surface area (Å²) in [6.07, 6.45) is -10.4. The van der Waals surface area contributed by atoms with Gasteiger partial charge in [-0.25, -0.2) is 9.53 Å². The first-order chi connectivity index (χ1) is 6.53. The smallest absolute Gasteiger partial charge is 0.451 e. The Kier molecular flexibility index (Phi) is 4.14. The lowest BCUT2D eigenvalue weighted by Crippen LogP contribution is -2.35. The highest BCUT2D eigenvalue weighted by molar-refractivity contribution is 5.85. The fourth-order valence-electron chi connectivity index (χ4n) is 0.427. The zero-order valence-electron chi connectivity index (χ0n) is 6.91. The summed E-state index contributed by atoms with van der Waals surface area (Å²) < 4.78 is 75.8. The Balaban J connectivity index is 4.16. The van der Waals surface area contributed by atoms with Crippen LogP contribution in [0.15, 0.2) is 12.4 Å². The number of rotatable bonds is 4. The highest BCUT2D eigenvalue weighted by Crippen LogP contribution is 2.28. The Morgan fingerprint density at radius 1 is 1.20 bits per heavy atom.